The number of aliphatic carboxylic acids is 1. The Kier molecular flexibility index (Phi) is 5.56. The van der Waals surface area contributed by atoms with Crippen molar-refractivity contribution in [2.45, 2.75) is 33.0 Å². The number of halogens is 4. The number of allylic oxidation sites excluding steroid dienone is 1. The summed E-state index contributed by atoms with van der Waals surface area (Å²) in [5.41, 5.74) is -0.566. The molecule has 0 aliphatic carbocycles. The Bertz CT molecular complexity index is 1060. The van der Waals surface area contributed by atoms with Gasteiger partial charge >= 0.3 is 18.1 Å². The fraction of sp³-hybridized carbons (Fsp3) is 0.273. The number of hydrogen-bond acceptors (Lipinski definition) is 2. The molecule has 0 fully saturated rings. The molecule has 1 aliphatic rings. The van der Waals surface area contributed by atoms with Gasteiger partial charge in [-0.15, -0.1) is 0 Å². The van der Waals surface area contributed by atoms with Crippen LogP contribution in [0.3, 0.4) is 0 Å². The van der Waals surface area contributed by atoms with Crippen LogP contribution in [0.25, 0.3) is 5.57 Å². The number of carboxylic acids is 1. The van der Waals surface area contributed by atoms with Crippen molar-refractivity contribution in [3.05, 3.63) is 70.5 Å². The van der Waals surface area contributed by atoms with E-state index < -0.39 is 39.5 Å². The standard InChI is InChI=1S/C22H19F4NO3/c1-3-9-27(12-14-5-4-6-16(23)10-14)18-11-15(22(24,25)26)7-8-17(18)13(2)19(20(27)28)21(29)30/h4-8,10-11H,3,9,12H2,1-2H3/p+1. The minimum atomic E-state index is -4.64. The van der Waals surface area contributed by atoms with E-state index in [9.17, 15) is 32.3 Å². The zero-order chi connectivity index (χ0) is 22.3. The minimum absolute atomic E-state index is 0.0632. The highest BCUT2D eigenvalue weighted by atomic mass is 19.4. The van der Waals surface area contributed by atoms with Crippen LogP contribution in [0.15, 0.2) is 48.0 Å². The Morgan fingerprint density at radius 2 is 1.83 bits per heavy atom. The molecule has 4 nitrogen and oxygen atoms in total. The second-order valence-corrected chi connectivity index (χ2v) is 7.32. The van der Waals surface area contributed by atoms with Crippen LogP contribution >= 0.6 is 0 Å². The van der Waals surface area contributed by atoms with Crippen LogP contribution in [0.4, 0.5) is 23.2 Å². The van der Waals surface area contributed by atoms with Crippen LogP contribution in [-0.4, -0.2) is 23.5 Å². The second kappa shape index (κ2) is 7.68. The van der Waals surface area contributed by atoms with Crippen molar-refractivity contribution in [3.63, 3.8) is 0 Å². The number of amides is 1. The van der Waals surface area contributed by atoms with Crippen LogP contribution in [0.2, 0.25) is 0 Å². The van der Waals surface area contributed by atoms with Gasteiger partial charge in [0.05, 0.1) is 12.1 Å². The molecule has 30 heavy (non-hydrogen) atoms. The third-order valence-electron chi connectivity index (χ3n) is 5.33. The molecule has 2 aromatic carbocycles. The lowest BCUT2D eigenvalue weighted by Gasteiger charge is -2.40. The third kappa shape index (κ3) is 3.63. The number of nitrogens with zero attached hydrogens (tertiary/aromatic N) is 1. The highest BCUT2D eigenvalue weighted by Gasteiger charge is 2.50. The van der Waals surface area contributed by atoms with Gasteiger partial charge in [-0.25, -0.2) is 18.5 Å². The van der Waals surface area contributed by atoms with Crippen molar-refractivity contribution in [2.75, 3.05) is 6.54 Å². The van der Waals surface area contributed by atoms with Gasteiger partial charge in [-0.05, 0) is 43.2 Å². The van der Waals surface area contributed by atoms with Gasteiger partial charge in [0, 0.05) is 17.2 Å². The predicted molar refractivity (Wildman–Crippen MR) is 104 cm³/mol. The molecular weight excluding hydrogens is 402 g/mol. The summed E-state index contributed by atoms with van der Waals surface area (Å²) < 4.78 is 53.4. The molecule has 158 valence electrons. The third-order valence-corrected chi connectivity index (χ3v) is 5.33. The minimum Gasteiger partial charge on any atom is -0.477 e. The Morgan fingerprint density at radius 3 is 2.40 bits per heavy atom. The average molecular weight is 422 g/mol. The molecule has 1 aliphatic heterocycles. The molecule has 3 rings (SSSR count). The number of carbonyl (C=O) groups is 2. The summed E-state index contributed by atoms with van der Waals surface area (Å²) in [4.78, 5) is 25.3. The van der Waals surface area contributed by atoms with Crippen LogP contribution in [-0.2, 0) is 22.3 Å². The van der Waals surface area contributed by atoms with E-state index in [2.05, 4.69) is 0 Å². The number of benzene rings is 2. The Labute approximate surface area is 170 Å². The molecule has 0 bridgehead atoms. The number of hydrogen-bond donors (Lipinski definition) is 1. The maximum absolute atomic E-state index is 13.8. The van der Waals surface area contributed by atoms with E-state index in [0.29, 0.717) is 12.0 Å². The fourth-order valence-corrected chi connectivity index (χ4v) is 4.04. The number of quaternary nitrogens is 1. The SMILES string of the molecule is CCC[N+]1(Cc2cccc(F)c2)C(=O)C(C(=O)O)=C(C)c2ccc(C(F)(F)F)cc21. The molecule has 0 aromatic heterocycles. The van der Waals surface area contributed by atoms with Crippen molar-refractivity contribution in [1.82, 2.24) is 4.48 Å². The molecule has 0 spiro atoms. The predicted octanol–water partition coefficient (Wildman–Crippen LogP) is 5.16. The number of carboxylic acid groups (broad SMARTS) is 1. The normalized spacial score (nSPS) is 19.1. The summed E-state index contributed by atoms with van der Waals surface area (Å²) in [6, 6.07) is 8.40. The molecule has 1 N–H and O–H groups in total. The Balaban J connectivity index is 2.34. The van der Waals surface area contributed by atoms with E-state index in [-0.39, 0.29) is 29.9 Å². The molecule has 0 saturated heterocycles. The average Bonchev–Trinajstić information content (AvgIpc) is 2.65. The van der Waals surface area contributed by atoms with Crippen LogP contribution in [0.1, 0.15) is 37.0 Å². The van der Waals surface area contributed by atoms with E-state index >= 15 is 0 Å². The van der Waals surface area contributed by atoms with Gasteiger partial charge in [-0.3, -0.25) is 0 Å². The largest absolute Gasteiger partial charge is 0.477 e. The van der Waals surface area contributed by atoms with E-state index in [1.807, 2.05) is 0 Å². The quantitative estimate of drug-likeness (QED) is 0.411. The van der Waals surface area contributed by atoms with Crippen molar-refractivity contribution >= 4 is 23.1 Å². The van der Waals surface area contributed by atoms with Gasteiger partial charge in [0.15, 0.2) is 5.57 Å². The van der Waals surface area contributed by atoms with Crippen molar-refractivity contribution < 1.29 is 32.3 Å². The van der Waals surface area contributed by atoms with Crippen LogP contribution in [0.5, 0.6) is 0 Å². The van der Waals surface area contributed by atoms with Crippen molar-refractivity contribution in [2.24, 2.45) is 0 Å². The molecule has 1 atom stereocenters. The van der Waals surface area contributed by atoms with Crippen molar-refractivity contribution in [1.29, 1.82) is 0 Å². The van der Waals surface area contributed by atoms with Crippen molar-refractivity contribution in [3.8, 4) is 0 Å². The van der Waals surface area contributed by atoms with Gasteiger partial charge in [-0.2, -0.15) is 13.2 Å². The zero-order valence-corrected chi connectivity index (χ0v) is 16.4. The monoisotopic (exact) mass is 422 g/mol. The summed E-state index contributed by atoms with van der Waals surface area (Å²) >= 11 is 0. The maximum atomic E-state index is 13.8. The first-order valence-electron chi connectivity index (χ1n) is 9.34. The maximum Gasteiger partial charge on any atom is 0.416 e. The number of fused-ring (bicyclic) bond motifs is 1. The smallest absolute Gasteiger partial charge is 0.416 e. The van der Waals surface area contributed by atoms with Gasteiger partial charge in [0.1, 0.15) is 18.0 Å². The van der Waals surface area contributed by atoms with Gasteiger partial charge < -0.3 is 5.11 Å². The Hall–Kier alpha value is -3.00. The lowest BCUT2D eigenvalue weighted by molar-refractivity contribution is -0.139. The highest BCUT2D eigenvalue weighted by molar-refractivity contribution is 6.26. The lowest BCUT2D eigenvalue weighted by Crippen LogP contribution is -2.57. The molecule has 0 saturated carbocycles. The van der Waals surface area contributed by atoms with Gasteiger partial charge in [0.2, 0.25) is 0 Å². The van der Waals surface area contributed by atoms with Gasteiger partial charge in [0.25, 0.3) is 0 Å². The van der Waals surface area contributed by atoms with E-state index in [1.54, 1.807) is 13.0 Å². The molecule has 2 aromatic rings. The molecule has 0 radical (unpaired) electrons. The van der Waals surface area contributed by atoms with E-state index in [4.69, 9.17) is 0 Å². The van der Waals surface area contributed by atoms with Crippen LogP contribution in [0, 0.1) is 5.82 Å². The second-order valence-electron chi connectivity index (χ2n) is 7.32. The van der Waals surface area contributed by atoms with E-state index in [1.165, 1.54) is 31.2 Å². The summed E-state index contributed by atoms with van der Waals surface area (Å²) in [7, 11) is 0. The summed E-state index contributed by atoms with van der Waals surface area (Å²) in [6.07, 6.45) is -4.24. The van der Waals surface area contributed by atoms with Crippen LogP contribution < -0.4 is 4.48 Å². The summed E-state index contributed by atoms with van der Waals surface area (Å²) in [5.74, 6) is -2.81. The number of carbonyl (C=O) groups excluding carboxylic acids is 1. The van der Waals surface area contributed by atoms with Gasteiger partial charge in [-0.1, -0.05) is 19.1 Å². The molecule has 1 amide bonds. The molecule has 1 heterocycles. The zero-order valence-electron chi connectivity index (χ0n) is 16.4. The Morgan fingerprint density at radius 1 is 1.13 bits per heavy atom. The summed E-state index contributed by atoms with van der Waals surface area (Å²) in [6.45, 7) is 3.06. The highest BCUT2D eigenvalue weighted by Crippen LogP contribution is 2.44. The molecule has 8 heteroatoms. The summed E-state index contributed by atoms with van der Waals surface area (Å²) in [5, 5.41) is 9.67. The number of rotatable bonds is 5. The lowest BCUT2D eigenvalue weighted by atomic mass is 9.89. The van der Waals surface area contributed by atoms with E-state index in [0.717, 1.165) is 12.1 Å². The molecule has 1 unspecified atom stereocenters. The fourth-order valence-electron chi connectivity index (χ4n) is 4.04. The topological polar surface area (TPSA) is 54.4 Å². The number of alkyl halides is 3. The first-order valence-corrected chi connectivity index (χ1v) is 9.34. The molecular formula is C22H20F4NO3+. The first kappa shape index (κ1) is 21.7. The first-order chi connectivity index (χ1) is 14.0.